The van der Waals surface area contributed by atoms with Crippen LogP contribution in [0.1, 0.15) is 25.5 Å². The molecule has 2 aromatic heterocycles. The lowest BCUT2D eigenvalue weighted by Gasteiger charge is -2.32. The van der Waals surface area contributed by atoms with E-state index in [1.165, 1.54) is 19.3 Å². The maximum absolute atomic E-state index is 12.5. The molecule has 0 aromatic carbocycles. The number of nitrogens with one attached hydrogen (secondary N) is 2. The highest BCUT2D eigenvalue weighted by molar-refractivity contribution is 5.94. The molecule has 0 bridgehead atoms. The highest BCUT2D eigenvalue weighted by atomic mass is 16.5. The smallest absolute Gasteiger partial charge is 0.311 e. The molecule has 3 rings (SSSR count). The quantitative estimate of drug-likeness (QED) is 0.736. The van der Waals surface area contributed by atoms with Crippen molar-refractivity contribution in [2.24, 2.45) is 5.92 Å². The van der Waals surface area contributed by atoms with E-state index in [1.807, 2.05) is 4.90 Å². The van der Waals surface area contributed by atoms with Crippen LogP contribution in [0.2, 0.25) is 0 Å². The van der Waals surface area contributed by atoms with Gasteiger partial charge in [-0.15, -0.1) is 0 Å². The third-order valence-corrected chi connectivity index (χ3v) is 4.28. The van der Waals surface area contributed by atoms with E-state index in [0.29, 0.717) is 31.0 Å². The molecule has 0 radical (unpaired) electrons. The maximum atomic E-state index is 12.5. The molecule has 1 aliphatic rings. The number of ether oxygens (including phenoxy) is 1. The number of amides is 1. The number of nitrogens with zero attached hydrogens (tertiary/aromatic N) is 3. The van der Waals surface area contributed by atoms with Crippen LogP contribution in [0.25, 0.3) is 0 Å². The molecule has 27 heavy (non-hydrogen) atoms. The highest BCUT2D eigenvalue weighted by Gasteiger charge is 2.30. The molecule has 1 amide bonds. The van der Waals surface area contributed by atoms with Gasteiger partial charge < -0.3 is 19.1 Å². The number of aryl methyl sites for hydroxylation is 1. The number of carbonyl (C=O) groups excluding carboxylic acids is 2. The largest absolute Gasteiger partial charge is 0.452 e. The van der Waals surface area contributed by atoms with Gasteiger partial charge in [-0.25, -0.2) is 4.98 Å². The van der Waals surface area contributed by atoms with E-state index in [-0.39, 0.29) is 11.4 Å². The van der Waals surface area contributed by atoms with Crippen molar-refractivity contribution in [2.75, 3.05) is 23.3 Å². The predicted octanol–water partition coefficient (Wildman–Crippen LogP) is 0.853. The summed E-state index contributed by atoms with van der Waals surface area (Å²) >= 11 is 0. The Bertz CT molecular complexity index is 876. The van der Waals surface area contributed by atoms with Crippen LogP contribution in [-0.4, -0.2) is 46.2 Å². The number of H-pyrrole nitrogens is 1. The number of piperidine rings is 1. The van der Waals surface area contributed by atoms with Gasteiger partial charge in [0.25, 0.3) is 11.5 Å². The van der Waals surface area contributed by atoms with Gasteiger partial charge in [0.2, 0.25) is 5.88 Å². The molecular weight excluding hydrogens is 354 g/mol. The molecule has 0 saturated carbocycles. The molecular formula is C17H21N5O5. The number of hydrogen-bond donors (Lipinski definition) is 2. The van der Waals surface area contributed by atoms with Crippen molar-refractivity contribution in [3.05, 3.63) is 34.5 Å². The standard InChI is InChI=1S/C17H21N5O5/c1-10-6-15(27-21-10)20-16(24)11(2)26-17(25)12-4-3-5-22(8-12)13-7-14(23)19-9-18-13/h6-7,9,11-12H,3-5,8H2,1-2H3,(H,20,24)(H,18,19,23). The number of hydrogen-bond acceptors (Lipinski definition) is 8. The van der Waals surface area contributed by atoms with Gasteiger partial charge in [-0.2, -0.15) is 0 Å². The summed E-state index contributed by atoms with van der Waals surface area (Å²) < 4.78 is 10.2. The van der Waals surface area contributed by atoms with Crippen LogP contribution in [0.3, 0.4) is 0 Å². The number of anilines is 2. The summed E-state index contributed by atoms with van der Waals surface area (Å²) in [6.07, 6.45) is 1.76. The molecule has 2 unspecified atom stereocenters. The average molecular weight is 375 g/mol. The van der Waals surface area contributed by atoms with Gasteiger partial charge in [0.05, 0.1) is 17.9 Å². The lowest BCUT2D eigenvalue weighted by Crippen LogP contribution is -2.42. The number of rotatable bonds is 5. The third-order valence-electron chi connectivity index (χ3n) is 4.28. The highest BCUT2D eigenvalue weighted by Crippen LogP contribution is 2.22. The van der Waals surface area contributed by atoms with Crippen molar-refractivity contribution in [3.8, 4) is 0 Å². The maximum Gasteiger partial charge on any atom is 0.311 e. The van der Waals surface area contributed by atoms with Crippen molar-refractivity contribution in [1.82, 2.24) is 15.1 Å². The molecule has 10 nitrogen and oxygen atoms in total. The van der Waals surface area contributed by atoms with Gasteiger partial charge in [-0.3, -0.25) is 19.7 Å². The minimum absolute atomic E-state index is 0.199. The molecule has 0 aliphatic carbocycles. The van der Waals surface area contributed by atoms with Crippen molar-refractivity contribution >= 4 is 23.6 Å². The van der Waals surface area contributed by atoms with Crippen molar-refractivity contribution in [2.45, 2.75) is 32.8 Å². The zero-order chi connectivity index (χ0) is 19.4. The second-order valence-electron chi connectivity index (χ2n) is 6.46. The van der Waals surface area contributed by atoms with E-state index < -0.39 is 23.9 Å². The van der Waals surface area contributed by atoms with E-state index in [4.69, 9.17) is 9.26 Å². The molecule has 2 aromatic rings. The van der Waals surface area contributed by atoms with Crippen LogP contribution in [0.4, 0.5) is 11.7 Å². The fourth-order valence-electron chi connectivity index (χ4n) is 2.88. The van der Waals surface area contributed by atoms with Crippen LogP contribution in [0, 0.1) is 12.8 Å². The second-order valence-corrected chi connectivity index (χ2v) is 6.46. The minimum Gasteiger partial charge on any atom is -0.452 e. The Morgan fingerprint density at radius 3 is 2.96 bits per heavy atom. The van der Waals surface area contributed by atoms with E-state index in [1.54, 1.807) is 13.0 Å². The van der Waals surface area contributed by atoms with Gasteiger partial charge in [0, 0.05) is 25.2 Å². The van der Waals surface area contributed by atoms with Crippen molar-refractivity contribution < 1.29 is 18.8 Å². The normalized spacial score (nSPS) is 18.0. The summed E-state index contributed by atoms with van der Waals surface area (Å²) in [5.41, 5.74) is 0.378. The summed E-state index contributed by atoms with van der Waals surface area (Å²) in [5.74, 6) is -0.640. The molecule has 2 atom stereocenters. The number of esters is 1. The van der Waals surface area contributed by atoms with Gasteiger partial charge in [0.15, 0.2) is 6.10 Å². The molecule has 0 spiro atoms. The zero-order valence-corrected chi connectivity index (χ0v) is 15.1. The van der Waals surface area contributed by atoms with Crippen molar-refractivity contribution in [3.63, 3.8) is 0 Å². The van der Waals surface area contributed by atoms with Crippen LogP contribution >= 0.6 is 0 Å². The lowest BCUT2D eigenvalue weighted by molar-refractivity contribution is -0.157. The fourth-order valence-corrected chi connectivity index (χ4v) is 2.88. The Labute approximate surface area is 154 Å². The molecule has 1 saturated heterocycles. The molecule has 10 heteroatoms. The van der Waals surface area contributed by atoms with E-state index in [0.717, 1.165) is 6.42 Å². The van der Waals surface area contributed by atoms with E-state index in [9.17, 15) is 14.4 Å². The minimum atomic E-state index is -0.976. The van der Waals surface area contributed by atoms with Gasteiger partial charge in [-0.1, -0.05) is 5.16 Å². The monoisotopic (exact) mass is 375 g/mol. The first-order chi connectivity index (χ1) is 12.9. The average Bonchev–Trinajstić information content (AvgIpc) is 3.06. The van der Waals surface area contributed by atoms with Crippen LogP contribution in [0.15, 0.2) is 27.8 Å². The van der Waals surface area contributed by atoms with Crippen LogP contribution in [0.5, 0.6) is 0 Å². The summed E-state index contributed by atoms with van der Waals surface area (Å²) in [6.45, 7) is 4.30. The zero-order valence-electron chi connectivity index (χ0n) is 15.1. The van der Waals surface area contributed by atoms with Gasteiger partial charge >= 0.3 is 5.97 Å². The Balaban J connectivity index is 1.56. The van der Waals surface area contributed by atoms with Crippen molar-refractivity contribution in [1.29, 1.82) is 0 Å². The first-order valence-corrected chi connectivity index (χ1v) is 8.66. The number of aromatic amines is 1. The molecule has 1 fully saturated rings. The SMILES string of the molecule is Cc1cc(NC(=O)C(C)OC(=O)C2CCCN(c3cc(=O)[nH]cn3)C2)on1. The van der Waals surface area contributed by atoms with Gasteiger partial charge in [0.1, 0.15) is 5.82 Å². The Kier molecular flexibility index (Phi) is 5.53. The summed E-state index contributed by atoms with van der Waals surface area (Å²) in [4.78, 5) is 44.5. The van der Waals surface area contributed by atoms with E-state index >= 15 is 0 Å². The van der Waals surface area contributed by atoms with Gasteiger partial charge in [-0.05, 0) is 26.7 Å². The summed E-state index contributed by atoms with van der Waals surface area (Å²) in [7, 11) is 0. The summed E-state index contributed by atoms with van der Waals surface area (Å²) in [5, 5.41) is 6.18. The molecule has 144 valence electrons. The lowest BCUT2D eigenvalue weighted by atomic mass is 9.98. The Hall–Kier alpha value is -3.17. The topological polar surface area (TPSA) is 130 Å². The Morgan fingerprint density at radius 1 is 1.44 bits per heavy atom. The first-order valence-electron chi connectivity index (χ1n) is 8.66. The second kappa shape index (κ2) is 8.02. The van der Waals surface area contributed by atoms with E-state index in [2.05, 4.69) is 20.4 Å². The fraction of sp³-hybridized carbons (Fsp3) is 0.471. The third kappa shape index (κ3) is 4.72. The first kappa shape index (κ1) is 18.6. The predicted molar refractivity (Wildman–Crippen MR) is 95.2 cm³/mol. The number of aromatic nitrogens is 3. The molecule has 3 heterocycles. The van der Waals surface area contributed by atoms with Crippen LogP contribution < -0.4 is 15.8 Å². The molecule has 2 N–H and O–H groups in total. The van der Waals surface area contributed by atoms with Crippen LogP contribution in [-0.2, 0) is 14.3 Å². The summed E-state index contributed by atoms with van der Waals surface area (Å²) in [6, 6.07) is 2.96. The Morgan fingerprint density at radius 2 is 2.26 bits per heavy atom. The number of carbonyl (C=O) groups is 2. The molecule has 1 aliphatic heterocycles.